The van der Waals surface area contributed by atoms with Crippen LogP contribution in [0.4, 0.5) is 0 Å². The second kappa shape index (κ2) is 7.28. The number of carbonyl (C=O) groups is 1. The lowest BCUT2D eigenvalue weighted by Gasteiger charge is -2.10. The van der Waals surface area contributed by atoms with E-state index < -0.39 is 17.2 Å². The zero-order chi connectivity index (χ0) is 19.7. The van der Waals surface area contributed by atoms with Gasteiger partial charge in [0.15, 0.2) is 0 Å². The summed E-state index contributed by atoms with van der Waals surface area (Å²) in [6.07, 6.45) is 1.51. The molecule has 0 fully saturated rings. The van der Waals surface area contributed by atoms with Gasteiger partial charge in [-0.1, -0.05) is 28.1 Å². The molecule has 0 bridgehead atoms. The molecule has 0 atom stereocenters. The minimum absolute atomic E-state index is 0.187. The van der Waals surface area contributed by atoms with Gasteiger partial charge in [0, 0.05) is 18.6 Å². The lowest BCUT2D eigenvalue weighted by atomic mass is 10.1. The van der Waals surface area contributed by atoms with Crippen LogP contribution in [0.25, 0.3) is 11.0 Å². The number of carbonyl (C=O) groups excluding carboxylic acids is 1. The van der Waals surface area contributed by atoms with E-state index in [0.29, 0.717) is 5.69 Å². The molecule has 138 valence electrons. The Balaban J connectivity index is 1.95. The van der Waals surface area contributed by atoms with Crippen molar-refractivity contribution in [3.05, 3.63) is 72.5 Å². The van der Waals surface area contributed by atoms with Crippen molar-refractivity contribution in [2.24, 2.45) is 19.2 Å². The predicted molar refractivity (Wildman–Crippen MR) is 106 cm³/mol. The summed E-state index contributed by atoms with van der Waals surface area (Å²) in [6, 6.07) is 8.84. The molecule has 2 heterocycles. The number of aryl methyl sites for hydroxylation is 2. The minimum atomic E-state index is -0.506. The second-order valence-corrected chi connectivity index (χ2v) is 6.86. The fourth-order valence-electron chi connectivity index (χ4n) is 2.59. The summed E-state index contributed by atoms with van der Waals surface area (Å²) in [6.45, 7) is 1.63. The van der Waals surface area contributed by atoms with Crippen LogP contribution in [0, 0.1) is 6.92 Å². The maximum Gasteiger partial charge on any atom is 0.332 e. The average Bonchev–Trinajstić information content (AvgIpc) is 2.65. The molecule has 27 heavy (non-hydrogen) atoms. The van der Waals surface area contributed by atoms with Crippen LogP contribution < -0.4 is 16.7 Å². The third-order valence-electron chi connectivity index (χ3n) is 4.11. The van der Waals surface area contributed by atoms with Gasteiger partial charge >= 0.3 is 5.69 Å². The first-order valence-electron chi connectivity index (χ1n) is 7.96. The Morgan fingerprint density at radius 2 is 1.85 bits per heavy atom. The predicted octanol–water partition coefficient (Wildman–Crippen LogP) is 1.47. The van der Waals surface area contributed by atoms with E-state index in [1.165, 1.54) is 30.9 Å². The highest BCUT2D eigenvalue weighted by Crippen LogP contribution is 2.12. The van der Waals surface area contributed by atoms with E-state index in [0.717, 1.165) is 14.6 Å². The van der Waals surface area contributed by atoms with E-state index in [1.54, 1.807) is 6.92 Å². The third-order valence-corrected chi connectivity index (χ3v) is 4.64. The number of hydrogen-bond acceptors (Lipinski definition) is 5. The van der Waals surface area contributed by atoms with E-state index in [9.17, 15) is 14.4 Å². The first-order valence-corrected chi connectivity index (χ1v) is 8.75. The van der Waals surface area contributed by atoms with E-state index in [1.807, 2.05) is 24.3 Å². The summed E-state index contributed by atoms with van der Waals surface area (Å²) in [5.41, 5.74) is 3.10. The normalized spacial score (nSPS) is 11.3. The number of fused-ring (bicyclic) bond motifs is 1. The van der Waals surface area contributed by atoms with Crippen molar-refractivity contribution in [3.8, 4) is 0 Å². The van der Waals surface area contributed by atoms with E-state index in [-0.39, 0.29) is 16.6 Å². The Bertz CT molecular complexity index is 1190. The average molecular weight is 430 g/mol. The van der Waals surface area contributed by atoms with Crippen LogP contribution in [0.2, 0.25) is 0 Å². The maximum atomic E-state index is 12.5. The Morgan fingerprint density at radius 1 is 1.19 bits per heavy atom. The molecule has 0 spiro atoms. The van der Waals surface area contributed by atoms with Crippen LogP contribution in [0.1, 0.15) is 21.6 Å². The van der Waals surface area contributed by atoms with Crippen molar-refractivity contribution in [3.63, 3.8) is 0 Å². The molecule has 0 aliphatic heterocycles. The van der Waals surface area contributed by atoms with Gasteiger partial charge in [0.25, 0.3) is 11.5 Å². The topological polar surface area (TPSA) is 98.3 Å². The Morgan fingerprint density at radius 3 is 2.52 bits per heavy atom. The summed E-state index contributed by atoms with van der Waals surface area (Å²) >= 11 is 3.35. The molecule has 0 saturated carbocycles. The molecule has 0 unspecified atom stereocenters. The standard InChI is InChI=1S/C18H16BrN5O3/c1-10-13(16(25)22-20-9-11-4-6-12(19)7-5-11)8-14-15(21-10)23(2)18(27)24(3)17(14)26/h4-9H,1-3H3,(H,22,25)/b20-9-. The monoisotopic (exact) mass is 429 g/mol. The van der Waals surface area contributed by atoms with Crippen LogP contribution in [0.3, 0.4) is 0 Å². The fraction of sp³-hybridized carbons (Fsp3) is 0.167. The molecule has 2 aromatic heterocycles. The Kier molecular flexibility index (Phi) is 5.04. The molecule has 1 aromatic carbocycles. The smallest absolute Gasteiger partial charge is 0.280 e. The molecule has 3 aromatic rings. The van der Waals surface area contributed by atoms with Gasteiger partial charge in [-0.15, -0.1) is 0 Å². The summed E-state index contributed by atoms with van der Waals surface area (Å²) < 4.78 is 3.20. The van der Waals surface area contributed by atoms with Gasteiger partial charge < -0.3 is 0 Å². The van der Waals surface area contributed by atoms with Crippen LogP contribution in [0.5, 0.6) is 0 Å². The van der Waals surface area contributed by atoms with E-state index >= 15 is 0 Å². The van der Waals surface area contributed by atoms with Gasteiger partial charge in [-0.3, -0.25) is 18.7 Å². The van der Waals surface area contributed by atoms with Crippen LogP contribution in [-0.2, 0) is 14.1 Å². The molecule has 3 rings (SSSR count). The quantitative estimate of drug-likeness (QED) is 0.503. The molecular formula is C18H16BrN5O3. The van der Waals surface area contributed by atoms with Crippen molar-refractivity contribution in [2.75, 3.05) is 0 Å². The van der Waals surface area contributed by atoms with Gasteiger partial charge in [0.1, 0.15) is 5.65 Å². The fourth-order valence-corrected chi connectivity index (χ4v) is 2.86. The maximum absolute atomic E-state index is 12.5. The number of nitrogens with one attached hydrogen (secondary N) is 1. The van der Waals surface area contributed by atoms with Gasteiger partial charge in [0.05, 0.1) is 22.9 Å². The first-order chi connectivity index (χ1) is 12.8. The molecule has 1 N–H and O–H groups in total. The zero-order valence-corrected chi connectivity index (χ0v) is 16.4. The highest BCUT2D eigenvalue weighted by Gasteiger charge is 2.16. The molecule has 0 radical (unpaired) electrons. The number of aromatic nitrogens is 3. The van der Waals surface area contributed by atoms with Crippen molar-refractivity contribution in [1.82, 2.24) is 19.5 Å². The van der Waals surface area contributed by atoms with Crippen LogP contribution in [0.15, 0.2) is 49.5 Å². The van der Waals surface area contributed by atoms with E-state index in [2.05, 4.69) is 31.4 Å². The first kappa shape index (κ1) is 18.7. The van der Waals surface area contributed by atoms with Gasteiger partial charge in [-0.2, -0.15) is 5.10 Å². The van der Waals surface area contributed by atoms with Gasteiger partial charge in [-0.05, 0) is 30.7 Å². The molecule has 8 nitrogen and oxygen atoms in total. The second-order valence-electron chi connectivity index (χ2n) is 5.95. The van der Waals surface area contributed by atoms with E-state index in [4.69, 9.17) is 0 Å². The van der Waals surface area contributed by atoms with Gasteiger partial charge in [0.2, 0.25) is 0 Å². The third kappa shape index (κ3) is 3.59. The zero-order valence-electron chi connectivity index (χ0n) is 14.9. The van der Waals surface area contributed by atoms with Crippen LogP contribution >= 0.6 is 15.9 Å². The molecule has 0 aliphatic carbocycles. The Hall–Kier alpha value is -3.07. The number of hydrazone groups is 1. The Labute approximate surface area is 162 Å². The number of nitrogens with zero attached hydrogens (tertiary/aromatic N) is 4. The summed E-state index contributed by atoms with van der Waals surface area (Å²) in [7, 11) is 2.91. The van der Waals surface area contributed by atoms with Crippen molar-refractivity contribution in [2.45, 2.75) is 6.92 Å². The largest absolute Gasteiger partial charge is 0.332 e. The van der Waals surface area contributed by atoms with Crippen LogP contribution in [-0.4, -0.2) is 26.2 Å². The molecule has 0 saturated heterocycles. The lowest BCUT2D eigenvalue weighted by molar-refractivity contribution is 0.0954. The van der Waals surface area contributed by atoms with Gasteiger partial charge in [-0.25, -0.2) is 15.2 Å². The minimum Gasteiger partial charge on any atom is -0.280 e. The lowest BCUT2D eigenvalue weighted by Crippen LogP contribution is -2.37. The number of rotatable bonds is 3. The highest BCUT2D eigenvalue weighted by atomic mass is 79.9. The van der Waals surface area contributed by atoms with Crippen molar-refractivity contribution >= 4 is 39.1 Å². The summed E-state index contributed by atoms with van der Waals surface area (Å²) in [5.74, 6) is -0.494. The highest BCUT2D eigenvalue weighted by molar-refractivity contribution is 9.10. The summed E-state index contributed by atoms with van der Waals surface area (Å²) in [4.78, 5) is 41.1. The number of benzene rings is 1. The molecule has 1 amide bonds. The number of halogens is 1. The number of hydrogen-bond donors (Lipinski definition) is 1. The molecule has 9 heteroatoms. The van der Waals surface area contributed by atoms with Crippen molar-refractivity contribution < 1.29 is 4.79 Å². The molecular weight excluding hydrogens is 414 g/mol. The SMILES string of the molecule is Cc1nc2c(cc1C(=O)N/N=C\c1ccc(Br)cc1)c(=O)n(C)c(=O)n2C. The summed E-state index contributed by atoms with van der Waals surface area (Å²) in [5, 5.41) is 4.12. The number of pyridine rings is 1. The number of amides is 1. The van der Waals surface area contributed by atoms with Crippen molar-refractivity contribution in [1.29, 1.82) is 0 Å². The molecule has 0 aliphatic rings.